The van der Waals surface area contributed by atoms with Crippen molar-refractivity contribution in [1.29, 1.82) is 0 Å². The van der Waals surface area contributed by atoms with Crippen molar-refractivity contribution in [2.24, 2.45) is 0 Å². The zero-order valence-electron chi connectivity index (χ0n) is 9.10. The maximum absolute atomic E-state index is 11.4. The van der Waals surface area contributed by atoms with Crippen molar-refractivity contribution >= 4 is 5.91 Å². The van der Waals surface area contributed by atoms with Gasteiger partial charge in [0.05, 0.1) is 23.6 Å². The molecule has 4 nitrogen and oxygen atoms in total. The second-order valence-electron chi connectivity index (χ2n) is 3.96. The number of rotatable bonds is 1. The summed E-state index contributed by atoms with van der Waals surface area (Å²) in [4.78, 5) is 21.8. The summed E-state index contributed by atoms with van der Waals surface area (Å²) in [6.45, 7) is 4.38. The molecule has 0 spiro atoms. The summed E-state index contributed by atoms with van der Waals surface area (Å²) in [5, 5.41) is 0. The molecule has 1 aliphatic rings. The van der Waals surface area contributed by atoms with Crippen molar-refractivity contribution in [3.8, 4) is 0 Å². The first-order chi connectivity index (χ1) is 7.18. The average Bonchev–Trinajstić information content (AvgIpc) is 2.65. The number of aromatic nitrogens is 2. The van der Waals surface area contributed by atoms with E-state index in [2.05, 4.69) is 9.97 Å². The summed E-state index contributed by atoms with van der Waals surface area (Å²) in [5.74, 6) is 0.126. The van der Waals surface area contributed by atoms with Crippen LogP contribution in [-0.4, -0.2) is 27.3 Å². The molecule has 2 rings (SSSR count). The van der Waals surface area contributed by atoms with E-state index in [1.807, 2.05) is 11.8 Å². The van der Waals surface area contributed by atoms with Crippen LogP contribution < -0.4 is 0 Å². The molecule has 0 N–H and O–H groups in total. The van der Waals surface area contributed by atoms with Crippen LogP contribution in [0.15, 0.2) is 12.4 Å². The first-order valence-electron chi connectivity index (χ1n) is 5.24. The third-order valence-electron chi connectivity index (χ3n) is 2.77. The van der Waals surface area contributed by atoms with Gasteiger partial charge in [0.25, 0.3) is 0 Å². The van der Waals surface area contributed by atoms with Gasteiger partial charge >= 0.3 is 0 Å². The molecule has 0 unspecified atom stereocenters. The molecule has 2 heterocycles. The van der Waals surface area contributed by atoms with Crippen LogP contribution in [0.1, 0.15) is 37.2 Å². The minimum Gasteiger partial charge on any atom is -0.334 e. The van der Waals surface area contributed by atoms with E-state index in [9.17, 15) is 4.79 Å². The highest BCUT2D eigenvalue weighted by atomic mass is 16.2. The van der Waals surface area contributed by atoms with E-state index in [1.165, 1.54) is 0 Å². The van der Waals surface area contributed by atoms with E-state index in [1.54, 1.807) is 19.3 Å². The number of aryl methyl sites for hydroxylation is 1. The molecule has 0 aliphatic carbocycles. The molecular formula is C11H15N3O. The van der Waals surface area contributed by atoms with Crippen LogP contribution in [0.2, 0.25) is 0 Å². The van der Waals surface area contributed by atoms with Crippen LogP contribution in [0.4, 0.5) is 0 Å². The van der Waals surface area contributed by atoms with Gasteiger partial charge in [-0.25, -0.2) is 0 Å². The molecule has 4 heteroatoms. The van der Waals surface area contributed by atoms with Gasteiger partial charge in [0.1, 0.15) is 0 Å². The minimum atomic E-state index is 0.126. The Hall–Kier alpha value is -1.45. The summed E-state index contributed by atoms with van der Waals surface area (Å²) >= 11 is 0. The molecule has 1 fully saturated rings. The number of hydrogen-bond acceptors (Lipinski definition) is 3. The molecule has 1 saturated heterocycles. The van der Waals surface area contributed by atoms with Gasteiger partial charge in [-0.15, -0.1) is 0 Å². The molecule has 0 saturated carbocycles. The number of carbonyl (C=O) groups excluding carboxylic acids is 1. The van der Waals surface area contributed by atoms with E-state index >= 15 is 0 Å². The summed E-state index contributed by atoms with van der Waals surface area (Å²) in [5.41, 5.74) is 1.82. The highest BCUT2D eigenvalue weighted by molar-refractivity contribution is 5.74. The molecule has 1 aromatic rings. The summed E-state index contributed by atoms with van der Waals surface area (Å²) in [6.07, 6.45) is 5.55. The third-order valence-corrected chi connectivity index (χ3v) is 2.77. The lowest BCUT2D eigenvalue weighted by atomic mass is 10.1. The molecule has 1 amide bonds. The molecule has 1 aliphatic heterocycles. The maximum Gasteiger partial charge on any atom is 0.220 e. The van der Waals surface area contributed by atoms with Gasteiger partial charge in [-0.2, -0.15) is 0 Å². The average molecular weight is 205 g/mol. The van der Waals surface area contributed by atoms with Crippen LogP contribution in [0, 0.1) is 6.92 Å². The largest absolute Gasteiger partial charge is 0.334 e. The van der Waals surface area contributed by atoms with Gasteiger partial charge in [-0.3, -0.25) is 14.8 Å². The van der Waals surface area contributed by atoms with Crippen molar-refractivity contribution in [2.75, 3.05) is 6.54 Å². The molecule has 0 aromatic carbocycles. The number of likely N-dealkylation sites (tertiary alicyclic amines) is 1. The van der Waals surface area contributed by atoms with Crippen molar-refractivity contribution in [3.05, 3.63) is 23.8 Å². The molecule has 0 radical (unpaired) electrons. The molecule has 15 heavy (non-hydrogen) atoms. The second-order valence-corrected chi connectivity index (χ2v) is 3.96. The first kappa shape index (κ1) is 10.1. The van der Waals surface area contributed by atoms with Gasteiger partial charge < -0.3 is 4.90 Å². The fraction of sp³-hybridized carbons (Fsp3) is 0.545. The molecule has 80 valence electrons. The van der Waals surface area contributed by atoms with Gasteiger partial charge in [0, 0.05) is 19.7 Å². The number of nitrogens with zero attached hydrogens (tertiary/aromatic N) is 3. The van der Waals surface area contributed by atoms with E-state index in [0.29, 0.717) is 0 Å². The van der Waals surface area contributed by atoms with Gasteiger partial charge in [-0.05, 0) is 19.8 Å². The number of carbonyl (C=O) groups is 1. The Balaban J connectivity index is 2.26. The lowest BCUT2D eigenvalue weighted by Gasteiger charge is -2.22. The highest BCUT2D eigenvalue weighted by Gasteiger charge is 2.28. The Morgan fingerprint density at radius 1 is 1.53 bits per heavy atom. The van der Waals surface area contributed by atoms with Crippen molar-refractivity contribution in [1.82, 2.24) is 14.9 Å². The zero-order chi connectivity index (χ0) is 10.8. The van der Waals surface area contributed by atoms with E-state index in [4.69, 9.17) is 0 Å². The van der Waals surface area contributed by atoms with Crippen LogP contribution in [0.3, 0.4) is 0 Å². The number of hydrogen-bond donors (Lipinski definition) is 0. The fourth-order valence-electron chi connectivity index (χ4n) is 2.09. The summed E-state index contributed by atoms with van der Waals surface area (Å²) in [6, 6.07) is 0.134. The van der Waals surface area contributed by atoms with Crippen molar-refractivity contribution in [3.63, 3.8) is 0 Å². The van der Waals surface area contributed by atoms with Crippen LogP contribution in [0.25, 0.3) is 0 Å². The van der Waals surface area contributed by atoms with Crippen LogP contribution >= 0.6 is 0 Å². The Morgan fingerprint density at radius 2 is 2.33 bits per heavy atom. The van der Waals surface area contributed by atoms with Gasteiger partial charge in [0.2, 0.25) is 5.91 Å². The Morgan fingerprint density at radius 3 is 3.00 bits per heavy atom. The fourth-order valence-corrected chi connectivity index (χ4v) is 2.09. The van der Waals surface area contributed by atoms with Crippen LogP contribution in [-0.2, 0) is 4.79 Å². The standard InChI is InChI=1S/C11H15N3O/c1-8-6-12-7-10(13-8)11-4-3-5-14(11)9(2)15/h6-7,11H,3-5H2,1-2H3/t11-/m0/s1. The van der Waals surface area contributed by atoms with Crippen molar-refractivity contribution < 1.29 is 4.79 Å². The minimum absolute atomic E-state index is 0.126. The van der Waals surface area contributed by atoms with E-state index in [-0.39, 0.29) is 11.9 Å². The normalized spacial score (nSPS) is 20.7. The zero-order valence-corrected chi connectivity index (χ0v) is 9.10. The van der Waals surface area contributed by atoms with Gasteiger partial charge in [0.15, 0.2) is 0 Å². The second kappa shape index (κ2) is 3.96. The SMILES string of the molecule is CC(=O)N1CCC[C@H]1c1cncc(C)n1. The molecule has 1 aromatic heterocycles. The Labute approximate surface area is 89.3 Å². The Kier molecular flexibility index (Phi) is 2.66. The lowest BCUT2D eigenvalue weighted by Crippen LogP contribution is -2.28. The van der Waals surface area contributed by atoms with E-state index in [0.717, 1.165) is 30.8 Å². The lowest BCUT2D eigenvalue weighted by molar-refractivity contribution is -0.129. The number of amides is 1. The maximum atomic E-state index is 11.4. The van der Waals surface area contributed by atoms with Gasteiger partial charge in [-0.1, -0.05) is 0 Å². The molecule has 0 bridgehead atoms. The molecule has 1 atom stereocenters. The highest BCUT2D eigenvalue weighted by Crippen LogP contribution is 2.30. The predicted molar refractivity (Wildman–Crippen MR) is 56.1 cm³/mol. The summed E-state index contributed by atoms with van der Waals surface area (Å²) < 4.78 is 0. The predicted octanol–water partition coefficient (Wildman–Crippen LogP) is 1.47. The summed E-state index contributed by atoms with van der Waals surface area (Å²) in [7, 11) is 0. The quantitative estimate of drug-likeness (QED) is 0.697. The smallest absolute Gasteiger partial charge is 0.220 e. The first-order valence-corrected chi connectivity index (χ1v) is 5.24. The topological polar surface area (TPSA) is 46.1 Å². The monoisotopic (exact) mass is 205 g/mol. The van der Waals surface area contributed by atoms with Crippen LogP contribution in [0.5, 0.6) is 0 Å². The third kappa shape index (κ3) is 1.98. The van der Waals surface area contributed by atoms with Crippen molar-refractivity contribution in [2.45, 2.75) is 32.7 Å². The van der Waals surface area contributed by atoms with E-state index < -0.39 is 0 Å². The molecular weight excluding hydrogens is 190 g/mol. The Bertz CT molecular complexity index is 378.